The van der Waals surface area contributed by atoms with Crippen LogP contribution in [0.25, 0.3) is 0 Å². The summed E-state index contributed by atoms with van der Waals surface area (Å²) in [5.41, 5.74) is 0. The summed E-state index contributed by atoms with van der Waals surface area (Å²) in [5.74, 6) is 1.65. The van der Waals surface area contributed by atoms with Crippen LogP contribution in [-0.4, -0.2) is 63.4 Å². The molecule has 2 saturated carbocycles. The summed E-state index contributed by atoms with van der Waals surface area (Å²) < 4.78 is 5.70. The third-order valence-electron chi connectivity index (χ3n) is 6.48. The predicted octanol–water partition coefficient (Wildman–Crippen LogP) is 2.67. The first-order valence-electron chi connectivity index (χ1n) is 9.96. The molecule has 0 aromatic heterocycles. The highest BCUT2D eigenvalue weighted by molar-refractivity contribution is 5.85. The summed E-state index contributed by atoms with van der Waals surface area (Å²) in [6.07, 6.45) is 11.2. The Morgan fingerprint density at radius 1 is 1.08 bits per heavy atom. The number of hydrogen-bond donors (Lipinski definition) is 2. The van der Waals surface area contributed by atoms with Gasteiger partial charge in [-0.25, -0.2) is 0 Å². The van der Waals surface area contributed by atoms with Crippen molar-refractivity contribution in [3.8, 4) is 0 Å². The Bertz CT molecular complexity index is 344. The molecule has 24 heavy (non-hydrogen) atoms. The fraction of sp³-hybridized carbons (Fsp3) is 1.00. The number of rotatable bonds is 6. The lowest BCUT2D eigenvalue weighted by Crippen LogP contribution is -2.53. The molecule has 2 N–H and O–H groups in total. The maximum atomic E-state index is 5.70. The van der Waals surface area contributed by atoms with Crippen LogP contribution in [0.4, 0.5) is 0 Å². The zero-order valence-electron chi connectivity index (χ0n) is 15.6. The predicted molar refractivity (Wildman–Crippen MR) is 103 cm³/mol. The third-order valence-corrected chi connectivity index (χ3v) is 6.48. The van der Waals surface area contributed by atoms with Gasteiger partial charge in [-0.15, -0.1) is 12.4 Å². The van der Waals surface area contributed by atoms with E-state index in [9.17, 15) is 0 Å². The van der Waals surface area contributed by atoms with E-state index in [1.54, 1.807) is 0 Å². The number of halogens is 1. The summed E-state index contributed by atoms with van der Waals surface area (Å²) in [5, 5.41) is 7.66. The molecule has 4 unspecified atom stereocenters. The van der Waals surface area contributed by atoms with Gasteiger partial charge in [-0.3, -0.25) is 0 Å². The lowest BCUT2D eigenvalue weighted by atomic mass is 9.83. The van der Waals surface area contributed by atoms with Crippen LogP contribution in [0.15, 0.2) is 0 Å². The number of morpholine rings is 1. The van der Waals surface area contributed by atoms with Crippen molar-refractivity contribution in [1.29, 1.82) is 0 Å². The second-order valence-electron chi connectivity index (χ2n) is 8.17. The van der Waals surface area contributed by atoms with Crippen molar-refractivity contribution in [2.24, 2.45) is 11.8 Å². The normalized spacial score (nSPS) is 33.4. The number of nitrogens with zero attached hydrogens (tertiary/aromatic N) is 1. The van der Waals surface area contributed by atoms with E-state index in [1.165, 1.54) is 51.4 Å². The Morgan fingerprint density at radius 2 is 1.88 bits per heavy atom. The zero-order chi connectivity index (χ0) is 16.1. The average Bonchev–Trinajstić information content (AvgIpc) is 3.05. The number of hydrogen-bond acceptors (Lipinski definition) is 4. The van der Waals surface area contributed by atoms with Crippen LogP contribution >= 0.6 is 12.4 Å². The monoisotopic (exact) mass is 359 g/mol. The average molecular weight is 360 g/mol. The van der Waals surface area contributed by atoms with Crippen LogP contribution in [0, 0.1) is 11.8 Å². The molecular formula is C19H38ClN3O. The minimum atomic E-state index is 0. The van der Waals surface area contributed by atoms with Crippen LogP contribution < -0.4 is 10.6 Å². The van der Waals surface area contributed by atoms with Crippen molar-refractivity contribution < 1.29 is 4.74 Å². The molecule has 0 spiro atoms. The molecule has 2 aliphatic carbocycles. The molecular weight excluding hydrogens is 322 g/mol. The maximum Gasteiger partial charge on any atom is 0.0623 e. The molecule has 1 heterocycles. The summed E-state index contributed by atoms with van der Waals surface area (Å²) in [6, 6.07) is 1.95. The van der Waals surface area contributed by atoms with Crippen LogP contribution in [-0.2, 0) is 4.74 Å². The first-order chi connectivity index (χ1) is 11.3. The molecule has 0 bridgehead atoms. The van der Waals surface area contributed by atoms with Crippen LogP contribution in [0.3, 0.4) is 0 Å². The largest absolute Gasteiger partial charge is 0.379 e. The summed E-state index contributed by atoms with van der Waals surface area (Å²) in [6.45, 7) is 3.97. The van der Waals surface area contributed by atoms with Crippen molar-refractivity contribution in [3.05, 3.63) is 0 Å². The second kappa shape index (κ2) is 10.3. The topological polar surface area (TPSA) is 36.5 Å². The van der Waals surface area contributed by atoms with Crippen molar-refractivity contribution in [2.45, 2.75) is 69.5 Å². The fourth-order valence-electron chi connectivity index (χ4n) is 5.15. The summed E-state index contributed by atoms with van der Waals surface area (Å²) in [4.78, 5) is 2.47. The number of nitrogens with one attached hydrogen (secondary N) is 2. The van der Waals surface area contributed by atoms with Gasteiger partial charge in [-0.1, -0.05) is 25.7 Å². The van der Waals surface area contributed by atoms with Gasteiger partial charge in [-0.05, 0) is 51.6 Å². The standard InChI is InChI=1S/C19H37N3O.ClH/c1-22(2)19(15-7-4-3-5-8-15)13-21-17-10-6-9-16(17)18-14-23-12-11-20-18;/h15-21H,3-14H2,1-2H3;1H. The van der Waals surface area contributed by atoms with E-state index in [0.29, 0.717) is 18.1 Å². The Morgan fingerprint density at radius 3 is 2.54 bits per heavy atom. The van der Waals surface area contributed by atoms with E-state index in [0.717, 1.165) is 38.1 Å². The smallest absolute Gasteiger partial charge is 0.0623 e. The van der Waals surface area contributed by atoms with Gasteiger partial charge in [-0.2, -0.15) is 0 Å². The number of likely N-dealkylation sites (N-methyl/N-ethyl adjacent to an activating group) is 1. The molecule has 3 fully saturated rings. The molecule has 0 amide bonds. The highest BCUT2D eigenvalue weighted by atomic mass is 35.5. The highest BCUT2D eigenvalue weighted by Gasteiger charge is 2.35. The minimum absolute atomic E-state index is 0. The van der Waals surface area contributed by atoms with Crippen LogP contribution in [0.1, 0.15) is 51.4 Å². The Hall–Kier alpha value is 0.130. The van der Waals surface area contributed by atoms with Gasteiger partial charge in [0.25, 0.3) is 0 Å². The fourth-order valence-corrected chi connectivity index (χ4v) is 5.15. The van der Waals surface area contributed by atoms with E-state index in [4.69, 9.17) is 4.74 Å². The SMILES string of the molecule is CN(C)C(CNC1CCCC1C1COCCN1)C1CCCCC1.Cl. The van der Waals surface area contributed by atoms with Crippen molar-refractivity contribution in [3.63, 3.8) is 0 Å². The number of ether oxygens (including phenoxy) is 1. The molecule has 3 aliphatic rings. The molecule has 5 heteroatoms. The molecule has 0 radical (unpaired) electrons. The van der Waals surface area contributed by atoms with E-state index >= 15 is 0 Å². The molecule has 142 valence electrons. The zero-order valence-corrected chi connectivity index (χ0v) is 16.5. The molecule has 0 aromatic rings. The lowest BCUT2D eigenvalue weighted by molar-refractivity contribution is 0.0514. The van der Waals surface area contributed by atoms with Gasteiger partial charge in [0.15, 0.2) is 0 Å². The van der Waals surface area contributed by atoms with Crippen LogP contribution in [0.5, 0.6) is 0 Å². The maximum absolute atomic E-state index is 5.70. The second-order valence-corrected chi connectivity index (χ2v) is 8.17. The summed E-state index contributed by atoms with van der Waals surface area (Å²) in [7, 11) is 4.53. The van der Waals surface area contributed by atoms with Crippen molar-refractivity contribution >= 4 is 12.4 Å². The molecule has 1 aliphatic heterocycles. The quantitative estimate of drug-likeness (QED) is 0.764. The van der Waals surface area contributed by atoms with Crippen molar-refractivity contribution in [1.82, 2.24) is 15.5 Å². The molecule has 4 nitrogen and oxygen atoms in total. The van der Waals surface area contributed by atoms with E-state index in [-0.39, 0.29) is 12.4 Å². The molecule has 4 atom stereocenters. The van der Waals surface area contributed by atoms with Crippen LogP contribution in [0.2, 0.25) is 0 Å². The van der Waals surface area contributed by atoms with Gasteiger partial charge < -0.3 is 20.3 Å². The van der Waals surface area contributed by atoms with Gasteiger partial charge in [0.1, 0.15) is 0 Å². The summed E-state index contributed by atoms with van der Waals surface area (Å²) >= 11 is 0. The molecule has 0 aromatic carbocycles. The highest BCUT2D eigenvalue weighted by Crippen LogP contribution is 2.31. The first kappa shape index (κ1) is 20.4. The van der Waals surface area contributed by atoms with E-state index in [2.05, 4.69) is 29.6 Å². The van der Waals surface area contributed by atoms with Gasteiger partial charge in [0.2, 0.25) is 0 Å². The third kappa shape index (κ3) is 5.31. The molecule has 1 saturated heterocycles. The van der Waals surface area contributed by atoms with E-state index < -0.39 is 0 Å². The lowest BCUT2D eigenvalue weighted by Gasteiger charge is -2.37. The molecule has 3 rings (SSSR count). The van der Waals surface area contributed by atoms with Gasteiger partial charge in [0, 0.05) is 31.2 Å². The Labute approximate surface area is 154 Å². The van der Waals surface area contributed by atoms with Crippen molar-refractivity contribution in [2.75, 3.05) is 40.4 Å². The Balaban J connectivity index is 0.00000208. The van der Waals surface area contributed by atoms with Gasteiger partial charge in [0.05, 0.1) is 13.2 Å². The minimum Gasteiger partial charge on any atom is -0.379 e. The first-order valence-corrected chi connectivity index (χ1v) is 9.96. The van der Waals surface area contributed by atoms with Gasteiger partial charge >= 0.3 is 0 Å². The van der Waals surface area contributed by atoms with E-state index in [1.807, 2.05) is 0 Å². The Kier molecular flexibility index (Phi) is 8.79.